The maximum Gasteiger partial charge on any atom is 0.233 e. The van der Waals surface area contributed by atoms with Crippen LogP contribution in [-0.2, 0) is 14.8 Å². The van der Waals surface area contributed by atoms with Crippen LogP contribution in [0.5, 0.6) is 0 Å². The van der Waals surface area contributed by atoms with Gasteiger partial charge < -0.3 is 9.84 Å². The standard InChI is InChI=1S/C14H18ClNO4S/c1-11-14(17,7-8-20-11)10-16-21(18,19)9-6-12-2-4-13(15)5-3-12/h2-6,9,11,16-17H,7-8,10H2,1H3/b9-6+. The summed E-state index contributed by atoms with van der Waals surface area (Å²) in [6.07, 6.45) is 1.50. The predicted molar refractivity (Wildman–Crippen MR) is 82.4 cm³/mol. The van der Waals surface area contributed by atoms with Gasteiger partial charge in [-0.05, 0) is 30.7 Å². The lowest BCUT2D eigenvalue weighted by molar-refractivity contribution is -0.0227. The summed E-state index contributed by atoms with van der Waals surface area (Å²) in [4.78, 5) is 0. The first kappa shape index (κ1) is 16.5. The Morgan fingerprint density at radius 3 is 2.71 bits per heavy atom. The van der Waals surface area contributed by atoms with Crippen molar-refractivity contribution in [2.45, 2.75) is 25.0 Å². The number of ether oxygens (including phenoxy) is 1. The molecule has 0 bridgehead atoms. The minimum Gasteiger partial charge on any atom is -0.386 e. The van der Waals surface area contributed by atoms with Gasteiger partial charge >= 0.3 is 0 Å². The molecular weight excluding hydrogens is 314 g/mol. The Morgan fingerprint density at radius 2 is 2.14 bits per heavy atom. The lowest BCUT2D eigenvalue weighted by Crippen LogP contribution is -2.47. The molecule has 1 aromatic rings. The van der Waals surface area contributed by atoms with Gasteiger partial charge in [0.05, 0.1) is 6.10 Å². The smallest absolute Gasteiger partial charge is 0.233 e. The van der Waals surface area contributed by atoms with Gasteiger partial charge in [-0.25, -0.2) is 13.1 Å². The molecule has 0 aromatic heterocycles. The van der Waals surface area contributed by atoms with Crippen molar-refractivity contribution in [3.8, 4) is 0 Å². The van der Waals surface area contributed by atoms with Crippen LogP contribution in [0.2, 0.25) is 5.02 Å². The molecule has 7 heteroatoms. The highest BCUT2D eigenvalue weighted by Gasteiger charge is 2.39. The van der Waals surface area contributed by atoms with E-state index in [4.69, 9.17) is 16.3 Å². The summed E-state index contributed by atoms with van der Waals surface area (Å²) in [6, 6.07) is 6.80. The highest BCUT2D eigenvalue weighted by atomic mass is 35.5. The number of aliphatic hydroxyl groups is 1. The van der Waals surface area contributed by atoms with E-state index in [1.807, 2.05) is 0 Å². The van der Waals surface area contributed by atoms with Crippen LogP contribution in [0.25, 0.3) is 6.08 Å². The van der Waals surface area contributed by atoms with Gasteiger partial charge in [-0.3, -0.25) is 0 Å². The van der Waals surface area contributed by atoms with Gasteiger partial charge in [0.15, 0.2) is 0 Å². The molecular formula is C14H18ClNO4S. The van der Waals surface area contributed by atoms with Gasteiger partial charge in [0, 0.05) is 30.0 Å². The topological polar surface area (TPSA) is 75.6 Å². The molecule has 1 aliphatic heterocycles. The number of sulfonamides is 1. The van der Waals surface area contributed by atoms with Gasteiger partial charge in [-0.2, -0.15) is 0 Å². The van der Waals surface area contributed by atoms with Crippen LogP contribution >= 0.6 is 11.6 Å². The SMILES string of the molecule is CC1OCCC1(O)CNS(=O)(=O)/C=C/c1ccc(Cl)cc1. The molecule has 2 unspecified atom stereocenters. The lowest BCUT2D eigenvalue weighted by atomic mass is 9.97. The first-order chi connectivity index (χ1) is 9.81. The van der Waals surface area contributed by atoms with Crippen LogP contribution in [0, 0.1) is 0 Å². The highest BCUT2D eigenvalue weighted by molar-refractivity contribution is 7.92. The van der Waals surface area contributed by atoms with Crippen LogP contribution in [0.3, 0.4) is 0 Å². The van der Waals surface area contributed by atoms with Crippen molar-refractivity contribution in [3.63, 3.8) is 0 Å². The third-order valence-electron chi connectivity index (χ3n) is 3.55. The van der Waals surface area contributed by atoms with Gasteiger partial charge in [-0.1, -0.05) is 23.7 Å². The molecule has 2 atom stereocenters. The summed E-state index contributed by atoms with van der Waals surface area (Å²) in [5, 5.41) is 11.9. The molecule has 1 saturated heterocycles. The summed E-state index contributed by atoms with van der Waals surface area (Å²) in [7, 11) is -3.62. The highest BCUT2D eigenvalue weighted by Crippen LogP contribution is 2.25. The maximum absolute atomic E-state index is 11.9. The first-order valence-electron chi connectivity index (χ1n) is 6.58. The molecule has 2 rings (SSSR count). The number of rotatable bonds is 5. The fourth-order valence-electron chi connectivity index (χ4n) is 2.02. The van der Waals surface area contributed by atoms with E-state index in [0.29, 0.717) is 18.1 Å². The minimum atomic E-state index is -3.62. The van der Waals surface area contributed by atoms with Crippen molar-refractivity contribution in [2.75, 3.05) is 13.2 Å². The Kier molecular flexibility index (Phi) is 5.06. The molecule has 0 saturated carbocycles. The van der Waals surface area contributed by atoms with E-state index in [9.17, 15) is 13.5 Å². The van der Waals surface area contributed by atoms with Gasteiger partial charge in [0.1, 0.15) is 5.60 Å². The van der Waals surface area contributed by atoms with E-state index < -0.39 is 15.6 Å². The van der Waals surface area contributed by atoms with E-state index >= 15 is 0 Å². The normalized spacial score (nSPS) is 26.5. The molecule has 1 aliphatic rings. The molecule has 2 N–H and O–H groups in total. The van der Waals surface area contributed by atoms with E-state index in [1.165, 1.54) is 6.08 Å². The molecule has 21 heavy (non-hydrogen) atoms. The zero-order valence-electron chi connectivity index (χ0n) is 11.6. The zero-order chi connectivity index (χ0) is 15.5. The molecule has 1 fully saturated rings. The molecule has 0 aliphatic carbocycles. The van der Waals surface area contributed by atoms with Crippen LogP contribution in [0.15, 0.2) is 29.7 Å². The van der Waals surface area contributed by atoms with Gasteiger partial charge in [-0.15, -0.1) is 0 Å². The van der Waals surface area contributed by atoms with Crippen molar-refractivity contribution in [2.24, 2.45) is 0 Å². The maximum atomic E-state index is 11.9. The minimum absolute atomic E-state index is 0.0680. The fraction of sp³-hybridized carbons (Fsp3) is 0.429. The summed E-state index contributed by atoms with van der Waals surface area (Å²) in [5.74, 6) is 0. The van der Waals surface area contributed by atoms with E-state index in [1.54, 1.807) is 31.2 Å². The summed E-state index contributed by atoms with van der Waals surface area (Å²) in [5.41, 5.74) is -0.428. The average Bonchev–Trinajstić information content (AvgIpc) is 2.77. The van der Waals surface area contributed by atoms with Crippen molar-refractivity contribution in [3.05, 3.63) is 40.3 Å². The number of nitrogens with one attached hydrogen (secondary N) is 1. The van der Waals surface area contributed by atoms with Crippen LogP contribution in [-0.4, -0.2) is 38.4 Å². The van der Waals surface area contributed by atoms with E-state index in [0.717, 1.165) is 11.0 Å². The Bertz CT molecular complexity index is 614. The molecule has 5 nitrogen and oxygen atoms in total. The Hall–Kier alpha value is -0.920. The molecule has 1 aromatic carbocycles. The van der Waals surface area contributed by atoms with E-state index in [-0.39, 0.29) is 12.6 Å². The van der Waals surface area contributed by atoms with Crippen molar-refractivity contribution >= 4 is 27.7 Å². The summed E-state index contributed by atoms with van der Waals surface area (Å²) >= 11 is 5.76. The molecule has 1 heterocycles. The lowest BCUT2D eigenvalue weighted by Gasteiger charge is -2.25. The van der Waals surface area contributed by atoms with Gasteiger partial charge in [0.2, 0.25) is 10.0 Å². The number of hydrogen-bond donors (Lipinski definition) is 2. The zero-order valence-corrected chi connectivity index (χ0v) is 13.2. The predicted octanol–water partition coefficient (Wildman–Crippen LogP) is 1.77. The second-order valence-corrected chi connectivity index (χ2v) is 7.17. The van der Waals surface area contributed by atoms with Gasteiger partial charge in [0.25, 0.3) is 0 Å². The molecule has 0 radical (unpaired) electrons. The third kappa shape index (κ3) is 4.52. The average molecular weight is 332 g/mol. The second-order valence-electron chi connectivity index (χ2n) is 5.09. The first-order valence-corrected chi connectivity index (χ1v) is 8.50. The largest absolute Gasteiger partial charge is 0.386 e. The summed E-state index contributed by atoms with van der Waals surface area (Å²) < 4.78 is 31.4. The van der Waals surface area contributed by atoms with Crippen LogP contribution in [0.1, 0.15) is 18.9 Å². The number of benzene rings is 1. The quantitative estimate of drug-likeness (QED) is 0.862. The second kappa shape index (κ2) is 6.46. The molecule has 116 valence electrons. The van der Waals surface area contributed by atoms with Crippen molar-refractivity contribution in [1.82, 2.24) is 4.72 Å². The Balaban J connectivity index is 1.97. The van der Waals surface area contributed by atoms with Crippen molar-refractivity contribution < 1.29 is 18.3 Å². The van der Waals surface area contributed by atoms with Crippen molar-refractivity contribution in [1.29, 1.82) is 0 Å². The third-order valence-corrected chi connectivity index (χ3v) is 4.84. The number of halogens is 1. The monoisotopic (exact) mass is 331 g/mol. The fourth-order valence-corrected chi connectivity index (χ4v) is 3.03. The van der Waals surface area contributed by atoms with E-state index in [2.05, 4.69) is 4.72 Å². The van der Waals surface area contributed by atoms with Crippen LogP contribution < -0.4 is 4.72 Å². The molecule has 0 spiro atoms. The molecule has 0 amide bonds. The van der Waals surface area contributed by atoms with Crippen LogP contribution in [0.4, 0.5) is 0 Å². The Labute approximate surface area is 129 Å². The Morgan fingerprint density at radius 1 is 1.48 bits per heavy atom. The number of hydrogen-bond acceptors (Lipinski definition) is 4. The summed E-state index contributed by atoms with van der Waals surface area (Å²) in [6.45, 7) is 2.09.